The molecule has 0 saturated heterocycles. The number of nitrogens with zero attached hydrogens (tertiary/aromatic N) is 4. The lowest BCUT2D eigenvalue weighted by molar-refractivity contribution is -0.149. The fourth-order valence-electron chi connectivity index (χ4n) is 2.89. The number of fused-ring (bicyclic) bond motifs is 1. The Morgan fingerprint density at radius 3 is 2.73 bits per heavy atom. The lowest BCUT2D eigenvalue weighted by Gasteiger charge is -2.19. The maximum Gasteiger partial charge on any atom is 0.323 e. The Kier molecular flexibility index (Phi) is 5.15. The molecule has 0 bridgehead atoms. The van der Waals surface area contributed by atoms with Crippen LogP contribution in [0.5, 0.6) is 0 Å². The molecule has 2 atom stereocenters. The quantitative estimate of drug-likeness (QED) is 0.418. The highest BCUT2D eigenvalue weighted by atomic mass is 19.1. The zero-order valence-electron chi connectivity index (χ0n) is 16.3. The number of benzene rings is 1. The van der Waals surface area contributed by atoms with Crippen molar-refractivity contribution in [3.63, 3.8) is 0 Å². The van der Waals surface area contributed by atoms with E-state index in [2.05, 4.69) is 25.6 Å². The Morgan fingerprint density at radius 2 is 2.07 bits per heavy atom. The Hall–Kier alpha value is -3.79. The highest BCUT2D eigenvalue weighted by Crippen LogP contribution is 2.27. The summed E-state index contributed by atoms with van der Waals surface area (Å²) < 4.78 is 20.6. The van der Waals surface area contributed by atoms with Gasteiger partial charge in [-0.15, -0.1) is 5.10 Å². The molecule has 1 aromatic carbocycles. The van der Waals surface area contributed by atoms with Gasteiger partial charge in [0.05, 0.1) is 0 Å². The van der Waals surface area contributed by atoms with Crippen molar-refractivity contribution in [2.24, 2.45) is 5.73 Å². The van der Waals surface area contributed by atoms with E-state index in [4.69, 9.17) is 10.5 Å². The molecule has 30 heavy (non-hydrogen) atoms. The van der Waals surface area contributed by atoms with Crippen LogP contribution in [0, 0.1) is 12.7 Å². The molecule has 1 unspecified atom stereocenters. The van der Waals surface area contributed by atoms with Crippen molar-refractivity contribution < 1.29 is 13.9 Å². The molecule has 0 aliphatic carbocycles. The lowest BCUT2D eigenvalue weighted by Crippen LogP contribution is -2.31. The molecule has 9 nitrogen and oxygen atoms in total. The minimum Gasteiger partial charge on any atom is -0.448 e. The molecule has 154 valence electrons. The second kappa shape index (κ2) is 7.91. The van der Waals surface area contributed by atoms with E-state index >= 15 is 0 Å². The third-order valence-electron chi connectivity index (χ3n) is 4.37. The number of aryl methyl sites for hydroxylation is 1. The first kappa shape index (κ1) is 19.5. The lowest BCUT2D eigenvalue weighted by atomic mass is 10.1. The molecule has 4 aromatic rings. The number of halogens is 1. The highest BCUT2D eigenvalue weighted by molar-refractivity contribution is 5.75. The van der Waals surface area contributed by atoms with Crippen LogP contribution in [0.15, 0.2) is 48.7 Å². The molecule has 4 rings (SSSR count). The van der Waals surface area contributed by atoms with Crippen molar-refractivity contribution in [3.8, 4) is 0 Å². The van der Waals surface area contributed by atoms with E-state index in [1.807, 2.05) is 25.1 Å². The first-order valence-electron chi connectivity index (χ1n) is 9.26. The number of rotatable bonds is 6. The van der Waals surface area contributed by atoms with E-state index in [9.17, 15) is 9.18 Å². The minimum absolute atomic E-state index is 0.203. The second-order valence-electron chi connectivity index (χ2n) is 6.87. The van der Waals surface area contributed by atoms with E-state index < -0.39 is 23.9 Å². The topological polar surface area (TPSA) is 123 Å². The molecule has 3 aromatic heterocycles. The molecule has 0 saturated carbocycles. The van der Waals surface area contributed by atoms with E-state index in [-0.39, 0.29) is 5.82 Å². The van der Waals surface area contributed by atoms with Gasteiger partial charge < -0.3 is 15.8 Å². The molecule has 10 heteroatoms. The van der Waals surface area contributed by atoms with Crippen LogP contribution in [-0.2, 0) is 9.53 Å². The van der Waals surface area contributed by atoms with Crippen molar-refractivity contribution in [2.45, 2.75) is 26.0 Å². The van der Waals surface area contributed by atoms with Gasteiger partial charge in [0.25, 0.3) is 0 Å². The smallest absolute Gasteiger partial charge is 0.323 e. The number of aromatic amines is 1. The fourth-order valence-corrected chi connectivity index (χ4v) is 2.89. The number of nitrogens with one attached hydrogen (secondary N) is 2. The summed E-state index contributed by atoms with van der Waals surface area (Å²) in [7, 11) is 0. The predicted octanol–water partition coefficient (Wildman–Crippen LogP) is 2.62. The largest absolute Gasteiger partial charge is 0.448 e. The van der Waals surface area contributed by atoms with Crippen LogP contribution in [0.4, 0.5) is 16.0 Å². The van der Waals surface area contributed by atoms with Crippen molar-refractivity contribution >= 4 is 23.1 Å². The molecule has 0 aliphatic heterocycles. The normalized spacial score (nSPS) is 13.2. The molecule has 0 spiro atoms. The molecular weight excluding hydrogens is 389 g/mol. The van der Waals surface area contributed by atoms with Gasteiger partial charge in [0.2, 0.25) is 0 Å². The van der Waals surface area contributed by atoms with Crippen LogP contribution in [0.25, 0.3) is 5.52 Å². The number of hydrogen-bond acceptors (Lipinski definition) is 7. The summed E-state index contributed by atoms with van der Waals surface area (Å²) in [5.74, 6) is 0.215. The standard InChI is InChI=1S/C20H20FN7O2/c1-11-10-16(26-25-11)23-18-15-4-3-9-28(15)27-19(24-18)17(30-20(29)12(2)22)13-5-7-14(21)8-6-13/h3-10,12,17H,22H2,1-2H3,(H2,23,24,25,26,27)/t12-,17?/m0/s1. The maximum absolute atomic E-state index is 13.4. The number of H-pyrrole nitrogens is 1. The number of nitrogens with two attached hydrogens (primary N) is 1. The number of aromatic nitrogens is 5. The summed E-state index contributed by atoms with van der Waals surface area (Å²) in [5.41, 5.74) is 7.77. The molecule has 0 amide bonds. The van der Waals surface area contributed by atoms with Gasteiger partial charge in [-0.1, -0.05) is 12.1 Å². The zero-order chi connectivity index (χ0) is 21.3. The van der Waals surface area contributed by atoms with E-state index in [0.29, 0.717) is 22.7 Å². The Bertz CT molecular complexity index is 1180. The van der Waals surface area contributed by atoms with Crippen LogP contribution >= 0.6 is 0 Å². The molecule has 3 heterocycles. The van der Waals surface area contributed by atoms with Gasteiger partial charge in [0.1, 0.15) is 17.4 Å². The third kappa shape index (κ3) is 3.98. The summed E-state index contributed by atoms with van der Waals surface area (Å²) in [6, 6.07) is 10.2. The van der Waals surface area contributed by atoms with Crippen molar-refractivity contribution in [2.75, 3.05) is 5.32 Å². The number of anilines is 2. The third-order valence-corrected chi connectivity index (χ3v) is 4.37. The van der Waals surface area contributed by atoms with Crippen LogP contribution in [0.1, 0.15) is 30.1 Å². The SMILES string of the molecule is Cc1cc(Nc2nc(C(OC(=O)[C@H](C)N)c3ccc(F)cc3)nn3cccc23)n[nH]1. The van der Waals surface area contributed by atoms with Crippen LogP contribution in [0.2, 0.25) is 0 Å². The molecule has 4 N–H and O–H groups in total. The highest BCUT2D eigenvalue weighted by Gasteiger charge is 2.25. The van der Waals surface area contributed by atoms with Crippen LogP contribution in [0.3, 0.4) is 0 Å². The van der Waals surface area contributed by atoms with Crippen molar-refractivity contribution in [1.29, 1.82) is 0 Å². The van der Waals surface area contributed by atoms with Gasteiger partial charge in [0, 0.05) is 23.5 Å². The summed E-state index contributed by atoms with van der Waals surface area (Å²) >= 11 is 0. The number of esters is 1. The van der Waals surface area contributed by atoms with Gasteiger partial charge >= 0.3 is 5.97 Å². The van der Waals surface area contributed by atoms with E-state index in [1.165, 1.54) is 31.2 Å². The van der Waals surface area contributed by atoms with Crippen LogP contribution < -0.4 is 11.1 Å². The van der Waals surface area contributed by atoms with Gasteiger partial charge in [-0.25, -0.2) is 13.9 Å². The average Bonchev–Trinajstić information content (AvgIpc) is 3.35. The number of carbonyl (C=O) groups is 1. The Labute approximate surface area is 171 Å². The minimum atomic E-state index is -0.975. The predicted molar refractivity (Wildman–Crippen MR) is 108 cm³/mol. The van der Waals surface area contributed by atoms with Crippen molar-refractivity contribution in [1.82, 2.24) is 24.8 Å². The zero-order valence-corrected chi connectivity index (χ0v) is 16.3. The summed E-state index contributed by atoms with van der Waals surface area (Å²) in [6.45, 7) is 3.40. The molecular formula is C20H20FN7O2. The molecule has 0 radical (unpaired) electrons. The first-order chi connectivity index (χ1) is 14.4. The summed E-state index contributed by atoms with van der Waals surface area (Å²) in [6.07, 6.45) is 0.772. The van der Waals surface area contributed by atoms with Gasteiger partial charge in [-0.05, 0) is 38.1 Å². The van der Waals surface area contributed by atoms with Gasteiger partial charge in [-0.2, -0.15) is 5.10 Å². The number of ether oxygens (including phenoxy) is 1. The Balaban J connectivity index is 1.80. The monoisotopic (exact) mass is 409 g/mol. The van der Waals surface area contributed by atoms with Crippen LogP contribution in [-0.4, -0.2) is 36.8 Å². The van der Waals surface area contributed by atoms with E-state index in [0.717, 1.165) is 5.69 Å². The van der Waals surface area contributed by atoms with E-state index in [1.54, 1.807) is 10.7 Å². The number of hydrogen-bond donors (Lipinski definition) is 3. The van der Waals surface area contributed by atoms with Gasteiger partial charge in [0.15, 0.2) is 23.6 Å². The molecule has 0 aliphatic rings. The summed E-state index contributed by atoms with van der Waals surface area (Å²) in [5, 5.41) is 14.6. The van der Waals surface area contributed by atoms with Crippen molar-refractivity contribution in [3.05, 3.63) is 71.6 Å². The number of carbonyl (C=O) groups excluding carboxylic acids is 1. The summed E-state index contributed by atoms with van der Waals surface area (Å²) in [4.78, 5) is 16.8. The second-order valence-corrected chi connectivity index (χ2v) is 6.87. The average molecular weight is 409 g/mol. The fraction of sp³-hybridized carbons (Fsp3) is 0.200. The Morgan fingerprint density at radius 1 is 1.30 bits per heavy atom. The van der Waals surface area contributed by atoms with Gasteiger partial charge in [-0.3, -0.25) is 9.89 Å². The maximum atomic E-state index is 13.4. The molecule has 0 fully saturated rings. The first-order valence-corrected chi connectivity index (χ1v) is 9.26.